The van der Waals surface area contributed by atoms with E-state index < -0.39 is 21.0 Å². The van der Waals surface area contributed by atoms with Crippen molar-refractivity contribution in [2.75, 3.05) is 11.8 Å². The topological polar surface area (TPSA) is 98.5 Å². The molecule has 10 heteroatoms. The van der Waals surface area contributed by atoms with E-state index in [-0.39, 0.29) is 18.1 Å². The lowest BCUT2D eigenvalue weighted by Gasteiger charge is -2.11. The van der Waals surface area contributed by atoms with Crippen molar-refractivity contribution in [2.24, 2.45) is 0 Å². The quantitative estimate of drug-likeness (QED) is 0.741. The van der Waals surface area contributed by atoms with Gasteiger partial charge in [0, 0.05) is 24.1 Å². The number of para-hydroxylation sites is 1. The first kappa shape index (κ1) is 17.2. The highest BCUT2D eigenvalue weighted by Gasteiger charge is 2.24. The van der Waals surface area contributed by atoms with Crippen LogP contribution in [0.2, 0.25) is 0 Å². The molecule has 0 saturated heterocycles. The van der Waals surface area contributed by atoms with Gasteiger partial charge in [-0.2, -0.15) is 13.4 Å². The van der Waals surface area contributed by atoms with Gasteiger partial charge in [0.05, 0.1) is 12.3 Å². The van der Waals surface area contributed by atoms with Gasteiger partial charge < -0.3 is 4.74 Å². The summed E-state index contributed by atoms with van der Waals surface area (Å²) >= 11 is 0. The lowest BCUT2D eigenvalue weighted by Crippen LogP contribution is -2.17. The number of methoxy groups -OCH3 is 1. The van der Waals surface area contributed by atoms with Gasteiger partial charge in [-0.25, -0.2) is 13.9 Å². The Hall–Kier alpha value is -2.59. The third-order valence-corrected chi connectivity index (χ3v) is 4.60. The maximum Gasteiger partial charge on any atom is 0.299 e. The molecule has 3 aromatic rings. The number of aryl methyl sites for hydroxylation is 2. The number of aromatic nitrogens is 4. The number of halogens is 1. The predicted octanol–water partition coefficient (Wildman–Crippen LogP) is 1.83. The summed E-state index contributed by atoms with van der Waals surface area (Å²) in [6.45, 7) is 3.58. The Bertz CT molecular complexity index is 1050. The van der Waals surface area contributed by atoms with Crippen molar-refractivity contribution >= 4 is 21.5 Å². The van der Waals surface area contributed by atoms with Crippen LogP contribution in [-0.2, 0) is 21.4 Å². The molecule has 1 N–H and O–H groups in total. The highest BCUT2D eigenvalue weighted by atomic mass is 32.2. The van der Waals surface area contributed by atoms with Gasteiger partial charge in [0.1, 0.15) is 5.82 Å². The smallest absolute Gasteiger partial charge is 0.299 e. The fourth-order valence-corrected chi connectivity index (χ4v) is 3.38. The van der Waals surface area contributed by atoms with Gasteiger partial charge in [-0.05, 0) is 26.0 Å². The summed E-state index contributed by atoms with van der Waals surface area (Å²) in [6, 6.07) is 5.94. The van der Waals surface area contributed by atoms with Crippen molar-refractivity contribution in [1.82, 2.24) is 19.6 Å². The molecule has 0 aliphatic carbocycles. The van der Waals surface area contributed by atoms with Crippen molar-refractivity contribution in [3.8, 4) is 0 Å². The Balaban J connectivity index is 2.05. The Morgan fingerprint density at radius 1 is 1.28 bits per heavy atom. The first-order valence-corrected chi connectivity index (χ1v) is 8.80. The molecule has 2 heterocycles. The minimum Gasteiger partial charge on any atom is -0.380 e. The number of benzene rings is 1. The summed E-state index contributed by atoms with van der Waals surface area (Å²) in [4.78, 5) is 8.09. The van der Waals surface area contributed by atoms with Crippen LogP contribution in [0.5, 0.6) is 0 Å². The van der Waals surface area contributed by atoms with Gasteiger partial charge in [0.15, 0.2) is 0 Å². The molecule has 0 aliphatic rings. The highest BCUT2D eigenvalue weighted by molar-refractivity contribution is 7.92. The SMILES string of the molecule is COCc1cccc(F)c1NS(=O)(=O)c1nc2nc(C)cc(C)n2n1. The predicted molar refractivity (Wildman–Crippen MR) is 88.2 cm³/mol. The minimum atomic E-state index is -4.20. The molecule has 8 nitrogen and oxygen atoms in total. The Morgan fingerprint density at radius 2 is 2.04 bits per heavy atom. The van der Waals surface area contributed by atoms with E-state index in [4.69, 9.17) is 4.74 Å². The zero-order valence-electron chi connectivity index (χ0n) is 13.8. The molecule has 0 spiro atoms. The Morgan fingerprint density at radius 3 is 2.76 bits per heavy atom. The number of hydrogen-bond acceptors (Lipinski definition) is 6. The molecule has 0 unspecified atom stereocenters. The van der Waals surface area contributed by atoms with E-state index in [9.17, 15) is 12.8 Å². The highest BCUT2D eigenvalue weighted by Crippen LogP contribution is 2.23. The van der Waals surface area contributed by atoms with E-state index in [2.05, 4.69) is 19.8 Å². The largest absolute Gasteiger partial charge is 0.380 e. The van der Waals surface area contributed by atoms with Crippen molar-refractivity contribution < 1.29 is 17.5 Å². The van der Waals surface area contributed by atoms with E-state index >= 15 is 0 Å². The van der Waals surface area contributed by atoms with Gasteiger partial charge in [-0.3, -0.25) is 4.72 Å². The molecule has 0 amide bonds. The van der Waals surface area contributed by atoms with E-state index in [1.54, 1.807) is 26.0 Å². The lowest BCUT2D eigenvalue weighted by molar-refractivity contribution is 0.185. The van der Waals surface area contributed by atoms with Crippen LogP contribution in [0.4, 0.5) is 10.1 Å². The summed E-state index contributed by atoms with van der Waals surface area (Å²) in [5, 5.41) is 3.48. The zero-order chi connectivity index (χ0) is 18.2. The number of nitrogens with zero attached hydrogens (tertiary/aromatic N) is 4. The molecule has 0 fully saturated rings. The van der Waals surface area contributed by atoms with Crippen LogP contribution in [0, 0.1) is 19.7 Å². The number of sulfonamides is 1. The zero-order valence-corrected chi connectivity index (χ0v) is 14.6. The number of fused-ring (bicyclic) bond motifs is 1. The summed E-state index contributed by atoms with van der Waals surface area (Å²) < 4.78 is 47.8. The molecule has 0 bridgehead atoms. The number of anilines is 1. The standard InChI is InChI=1S/C15H16FN5O3S/c1-9-7-10(2)21-14(17-9)18-15(19-21)25(22,23)20-13-11(8-24-3)5-4-6-12(13)16/h4-7,20H,8H2,1-3H3. The van der Waals surface area contributed by atoms with E-state index in [1.165, 1.54) is 17.7 Å². The molecular formula is C15H16FN5O3S. The Kier molecular flexibility index (Phi) is 4.39. The van der Waals surface area contributed by atoms with Crippen LogP contribution in [0.3, 0.4) is 0 Å². The molecule has 1 aromatic carbocycles. The average Bonchev–Trinajstić information content (AvgIpc) is 2.96. The van der Waals surface area contributed by atoms with Crippen molar-refractivity contribution in [2.45, 2.75) is 25.6 Å². The summed E-state index contributed by atoms with van der Waals surface area (Å²) in [5.41, 5.74) is 1.54. The van der Waals surface area contributed by atoms with Gasteiger partial charge in [-0.1, -0.05) is 12.1 Å². The van der Waals surface area contributed by atoms with E-state index in [0.29, 0.717) is 17.0 Å². The first-order chi connectivity index (χ1) is 11.8. The van der Waals surface area contributed by atoms with E-state index in [1.807, 2.05) is 0 Å². The fraction of sp³-hybridized carbons (Fsp3) is 0.267. The monoisotopic (exact) mass is 365 g/mol. The normalized spacial score (nSPS) is 11.8. The van der Waals surface area contributed by atoms with Crippen LogP contribution in [0.15, 0.2) is 29.4 Å². The molecule has 2 aromatic heterocycles. The molecular weight excluding hydrogens is 349 g/mol. The van der Waals surface area contributed by atoms with Gasteiger partial charge in [0.25, 0.3) is 21.0 Å². The number of rotatable bonds is 5. The maximum absolute atomic E-state index is 14.1. The van der Waals surface area contributed by atoms with Crippen LogP contribution in [0.25, 0.3) is 5.78 Å². The average molecular weight is 365 g/mol. The van der Waals surface area contributed by atoms with Gasteiger partial charge >= 0.3 is 0 Å². The lowest BCUT2D eigenvalue weighted by atomic mass is 10.2. The summed E-state index contributed by atoms with van der Waals surface area (Å²) in [6.07, 6.45) is 0. The first-order valence-electron chi connectivity index (χ1n) is 7.32. The molecule has 0 radical (unpaired) electrons. The van der Waals surface area contributed by atoms with Crippen molar-refractivity contribution in [1.29, 1.82) is 0 Å². The summed E-state index contributed by atoms with van der Waals surface area (Å²) in [7, 11) is -2.76. The second-order valence-corrected chi connectivity index (χ2v) is 7.03. The third-order valence-electron chi connectivity index (χ3n) is 3.48. The number of ether oxygens (including phenoxy) is 1. The molecule has 3 rings (SSSR count). The number of nitrogens with one attached hydrogen (secondary N) is 1. The second kappa shape index (κ2) is 6.37. The second-order valence-electron chi connectivity index (χ2n) is 5.46. The van der Waals surface area contributed by atoms with Crippen molar-refractivity contribution in [3.05, 3.63) is 47.0 Å². The summed E-state index contributed by atoms with van der Waals surface area (Å²) in [5.74, 6) is -0.560. The molecule has 132 valence electrons. The van der Waals surface area contributed by atoms with E-state index in [0.717, 1.165) is 6.07 Å². The van der Waals surface area contributed by atoms with Crippen LogP contribution in [-0.4, -0.2) is 35.1 Å². The fourth-order valence-electron chi connectivity index (χ4n) is 2.40. The molecule has 0 aliphatic heterocycles. The Labute approximate surface area is 143 Å². The van der Waals surface area contributed by atoms with Gasteiger partial charge in [0.2, 0.25) is 0 Å². The molecule has 25 heavy (non-hydrogen) atoms. The maximum atomic E-state index is 14.1. The van der Waals surface area contributed by atoms with Gasteiger partial charge in [-0.15, -0.1) is 5.10 Å². The minimum absolute atomic E-state index is 0.0497. The number of hydrogen-bond donors (Lipinski definition) is 1. The van der Waals surface area contributed by atoms with Crippen LogP contribution < -0.4 is 4.72 Å². The molecule has 0 saturated carbocycles. The van der Waals surface area contributed by atoms with Crippen LogP contribution in [0.1, 0.15) is 17.0 Å². The molecule has 0 atom stereocenters. The third kappa shape index (κ3) is 3.30. The van der Waals surface area contributed by atoms with Crippen LogP contribution >= 0.6 is 0 Å². The van der Waals surface area contributed by atoms with Crippen molar-refractivity contribution in [3.63, 3.8) is 0 Å².